The lowest BCUT2D eigenvalue weighted by Gasteiger charge is -2.13. The number of alkyl halides is 3. The second-order valence-electron chi connectivity index (χ2n) is 6.75. The monoisotopic (exact) mass is 466 g/mol. The van der Waals surface area contributed by atoms with Crippen LogP contribution >= 0.6 is 0 Å². The zero-order chi connectivity index (χ0) is 25.0. The molecule has 0 fully saturated rings. The van der Waals surface area contributed by atoms with Crippen molar-refractivity contribution in [1.29, 1.82) is 10.5 Å². The Labute approximate surface area is 189 Å². The predicted molar refractivity (Wildman–Crippen MR) is 115 cm³/mol. The van der Waals surface area contributed by atoms with E-state index in [-0.39, 0.29) is 34.5 Å². The smallest absolute Gasteiger partial charge is 0.382 e. The molecule has 0 radical (unpaired) electrons. The molecule has 0 atom stereocenters. The molecule has 1 aromatic heterocycles. The zero-order valence-corrected chi connectivity index (χ0v) is 17.3. The van der Waals surface area contributed by atoms with Crippen molar-refractivity contribution in [1.82, 2.24) is 4.98 Å². The topological polar surface area (TPSA) is 166 Å². The van der Waals surface area contributed by atoms with Crippen molar-refractivity contribution >= 4 is 34.4 Å². The maximum absolute atomic E-state index is 13.5. The van der Waals surface area contributed by atoms with Crippen molar-refractivity contribution in [2.45, 2.75) is 13.1 Å². The summed E-state index contributed by atoms with van der Waals surface area (Å²) in [7, 11) is 0. The second-order valence-corrected chi connectivity index (χ2v) is 6.75. The van der Waals surface area contributed by atoms with E-state index in [9.17, 15) is 33.8 Å². The first-order valence-electron chi connectivity index (χ1n) is 9.30. The van der Waals surface area contributed by atoms with Crippen LogP contribution in [0.25, 0.3) is 0 Å². The summed E-state index contributed by atoms with van der Waals surface area (Å²) >= 11 is 0. The average molecular weight is 466 g/mol. The highest BCUT2D eigenvalue weighted by atomic mass is 19.4. The first-order chi connectivity index (χ1) is 16.1. The van der Waals surface area contributed by atoms with E-state index in [1.165, 1.54) is 13.0 Å². The number of non-ortho nitro benzene ring substituents is 1. The van der Waals surface area contributed by atoms with Gasteiger partial charge in [-0.2, -0.15) is 23.7 Å². The molecule has 3 rings (SSSR count). The highest BCUT2D eigenvalue weighted by Crippen LogP contribution is 2.42. The molecule has 170 valence electrons. The number of azo groups is 1. The third-order valence-corrected chi connectivity index (χ3v) is 4.57. The number of hydrogen-bond donors (Lipinski definition) is 2. The molecule has 3 aromatic rings. The molecule has 0 unspecified atom stereocenters. The minimum absolute atomic E-state index is 0.0206. The molecule has 0 spiro atoms. The molecule has 13 heteroatoms. The van der Waals surface area contributed by atoms with Crippen LogP contribution in [0, 0.1) is 39.7 Å². The molecular weight excluding hydrogens is 453 g/mol. The fourth-order valence-corrected chi connectivity index (χ4v) is 2.96. The Morgan fingerprint density at radius 3 is 2.32 bits per heavy atom. The van der Waals surface area contributed by atoms with Gasteiger partial charge >= 0.3 is 6.18 Å². The highest BCUT2D eigenvalue weighted by molar-refractivity contribution is 5.75. The van der Waals surface area contributed by atoms with Crippen LogP contribution in [0.15, 0.2) is 52.7 Å². The fourth-order valence-electron chi connectivity index (χ4n) is 2.96. The van der Waals surface area contributed by atoms with E-state index in [0.717, 1.165) is 0 Å². The van der Waals surface area contributed by atoms with Crippen molar-refractivity contribution < 1.29 is 18.1 Å². The van der Waals surface area contributed by atoms with Gasteiger partial charge in [-0.1, -0.05) is 18.2 Å². The van der Waals surface area contributed by atoms with E-state index in [1.54, 1.807) is 30.3 Å². The zero-order valence-electron chi connectivity index (χ0n) is 17.3. The average Bonchev–Trinajstić information content (AvgIpc) is 2.78. The summed E-state index contributed by atoms with van der Waals surface area (Å²) in [4.78, 5) is 14.0. The van der Waals surface area contributed by atoms with Gasteiger partial charge in [-0.15, -0.1) is 10.2 Å². The van der Waals surface area contributed by atoms with E-state index in [4.69, 9.17) is 5.73 Å². The van der Waals surface area contributed by atoms with Crippen LogP contribution in [-0.2, 0) is 6.18 Å². The van der Waals surface area contributed by atoms with Crippen molar-refractivity contribution in [3.8, 4) is 12.1 Å². The molecule has 0 aliphatic rings. The maximum atomic E-state index is 13.5. The molecular formula is C21H13F3N8O2. The highest BCUT2D eigenvalue weighted by Gasteiger charge is 2.37. The van der Waals surface area contributed by atoms with E-state index in [1.807, 2.05) is 6.07 Å². The number of nitriles is 2. The first-order valence-corrected chi connectivity index (χ1v) is 9.30. The van der Waals surface area contributed by atoms with Gasteiger partial charge in [0.25, 0.3) is 5.69 Å². The van der Waals surface area contributed by atoms with E-state index >= 15 is 0 Å². The third kappa shape index (κ3) is 4.73. The summed E-state index contributed by atoms with van der Waals surface area (Å²) in [5, 5.41) is 40.0. The summed E-state index contributed by atoms with van der Waals surface area (Å²) in [5.74, 6) is -0.140. The van der Waals surface area contributed by atoms with Gasteiger partial charge in [-0.05, 0) is 19.1 Å². The maximum Gasteiger partial charge on any atom is 0.418 e. The Morgan fingerprint density at radius 2 is 1.76 bits per heavy atom. The Kier molecular flexibility index (Phi) is 6.40. The van der Waals surface area contributed by atoms with Crippen LogP contribution in [0.2, 0.25) is 0 Å². The minimum Gasteiger partial charge on any atom is -0.382 e. The Hall–Kier alpha value is -5.04. The quantitative estimate of drug-likeness (QED) is 0.272. The van der Waals surface area contributed by atoms with Crippen LogP contribution in [0.3, 0.4) is 0 Å². The second kappa shape index (κ2) is 9.22. The number of nitrogens with two attached hydrogens (primary N) is 1. The van der Waals surface area contributed by atoms with Gasteiger partial charge in [0.15, 0.2) is 11.6 Å². The van der Waals surface area contributed by atoms with E-state index < -0.39 is 33.6 Å². The normalized spacial score (nSPS) is 11.1. The molecule has 0 bridgehead atoms. The first kappa shape index (κ1) is 23.6. The van der Waals surface area contributed by atoms with E-state index in [2.05, 4.69) is 20.5 Å². The number of nitro groups is 1. The molecule has 0 aliphatic carbocycles. The van der Waals surface area contributed by atoms with Crippen molar-refractivity contribution in [2.24, 2.45) is 10.2 Å². The number of nitrogens with zero attached hydrogens (tertiary/aromatic N) is 6. The van der Waals surface area contributed by atoms with Gasteiger partial charge in [-0.3, -0.25) is 10.1 Å². The molecule has 1 heterocycles. The Balaban J connectivity index is 2.14. The summed E-state index contributed by atoms with van der Waals surface area (Å²) in [6, 6.07) is 13.1. The van der Waals surface area contributed by atoms with Crippen molar-refractivity contribution in [3.63, 3.8) is 0 Å². The number of nitrogens with one attached hydrogen (secondary N) is 1. The minimum atomic E-state index is -5.06. The number of nitro benzene ring substituents is 1. The largest absolute Gasteiger partial charge is 0.418 e. The summed E-state index contributed by atoms with van der Waals surface area (Å²) in [6.07, 6.45) is -5.06. The van der Waals surface area contributed by atoms with E-state index in [0.29, 0.717) is 11.8 Å². The molecule has 34 heavy (non-hydrogen) atoms. The summed E-state index contributed by atoms with van der Waals surface area (Å²) in [6.45, 7) is 1.45. The molecule has 0 aliphatic heterocycles. The number of pyridine rings is 1. The molecule has 0 saturated carbocycles. The lowest BCUT2D eigenvalue weighted by molar-refractivity contribution is -0.385. The number of halogens is 3. The van der Waals surface area contributed by atoms with Gasteiger partial charge in [0.05, 0.1) is 21.6 Å². The lowest BCUT2D eigenvalue weighted by atomic mass is 10.1. The molecule has 0 amide bonds. The number of anilines is 3. The van der Waals surface area contributed by atoms with Crippen LogP contribution in [0.4, 0.5) is 47.6 Å². The standard InChI is InChI=1S/C21H13F3N8O2/c1-11-15(10-26)20(28-13-5-3-2-4-6-13)29-19(27)17(11)30-31-18-12(9-25)7-14(32(33)34)8-16(18)21(22,23)24/h2-8H,1H3,(H3,27,28,29). The van der Waals surface area contributed by atoms with Crippen LogP contribution < -0.4 is 11.1 Å². The van der Waals surface area contributed by atoms with Crippen LogP contribution in [0.1, 0.15) is 22.3 Å². The fraction of sp³-hybridized carbons (Fsp3) is 0.0952. The van der Waals surface area contributed by atoms with Gasteiger partial charge in [0.2, 0.25) is 0 Å². The van der Waals surface area contributed by atoms with Crippen LogP contribution in [-0.4, -0.2) is 9.91 Å². The van der Waals surface area contributed by atoms with Crippen LogP contribution in [0.5, 0.6) is 0 Å². The SMILES string of the molecule is Cc1c(C#N)c(Nc2ccccc2)nc(N)c1N=Nc1c(C#N)cc([N+](=O)[O-])cc1C(F)(F)F. The van der Waals surface area contributed by atoms with Gasteiger partial charge in [0, 0.05) is 23.4 Å². The Morgan fingerprint density at radius 1 is 1.12 bits per heavy atom. The third-order valence-electron chi connectivity index (χ3n) is 4.57. The summed E-state index contributed by atoms with van der Waals surface area (Å²) in [5.41, 5.74) is 2.46. The number of aromatic nitrogens is 1. The predicted octanol–water partition coefficient (Wildman–Crippen LogP) is 5.80. The molecule has 0 saturated heterocycles. The number of hydrogen-bond acceptors (Lipinski definition) is 9. The van der Waals surface area contributed by atoms with Gasteiger partial charge in [-0.25, -0.2) is 4.98 Å². The van der Waals surface area contributed by atoms with Crippen molar-refractivity contribution in [3.05, 3.63) is 74.8 Å². The lowest BCUT2D eigenvalue weighted by Crippen LogP contribution is -2.07. The Bertz CT molecular complexity index is 1390. The number of benzene rings is 2. The molecule has 3 N–H and O–H groups in total. The molecule has 10 nitrogen and oxygen atoms in total. The number of rotatable bonds is 5. The van der Waals surface area contributed by atoms with Crippen molar-refractivity contribution in [2.75, 3.05) is 11.1 Å². The number of para-hydroxylation sites is 1. The molecule has 2 aromatic carbocycles. The van der Waals surface area contributed by atoms with Gasteiger partial charge in [0.1, 0.15) is 23.5 Å². The summed E-state index contributed by atoms with van der Waals surface area (Å²) < 4.78 is 40.6. The van der Waals surface area contributed by atoms with Gasteiger partial charge < -0.3 is 11.1 Å². The number of nitrogen functional groups attached to an aromatic ring is 1.